The third-order valence-electron chi connectivity index (χ3n) is 5.63. The number of hydrogen-bond acceptors (Lipinski definition) is 3. The second-order valence-electron chi connectivity index (χ2n) is 7.95. The number of carbonyl (C=O) groups is 2. The summed E-state index contributed by atoms with van der Waals surface area (Å²) in [7, 11) is 0. The van der Waals surface area contributed by atoms with E-state index in [4.69, 9.17) is 0 Å². The first-order valence-corrected chi connectivity index (χ1v) is 11.5. The lowest BCUT2D eigenvalue weighted by molar-refractivity contribution is -0.126. The number of aryl methyl sites for hydroxylation is 1. The van der Waals surface area contributed by atoms with Crippen LogP contribution in [0.4, 0.5) is 10.5 Å². The molecular formula is C25H27N3O2S. The van der Waals surface area contributed by atoms with E-state index in [2.05, 4.69) is 47.9 Å². The highest BCUT2D eigenvalue weighted by atomic mass is 32.1. The molecule has 0 radical (unpaired) electrons. The van der Waals surface area contributed by atoms with Crippen molar-refractivity contribution in [3.05, 3.63) is 88.1 Å². The second-order valence-corrected chi connectivity index (χ2v) is 8.93. The largest absolute Gasteiger partial charge is 0.344 e. The fourth-order valence-corrected chi connectivity index (χ4v) is 4.70. The molecule has 6 heteroatoms. The molecule has 3 amide bonds. The Labute approximate surface area is 187 Å². The minimum Gasteiger partial charge on any atom is -0.344 e. The summed E-state index contributed by atoms with van der Waals surface area (Å²) in [6.45, 7) is 3.14. The van der Waals surface area contributed by atoms with Crippen molar-refractivity contribution in [3.8, 4) is 0 Å². The maximum absolute atomic E-state index is 13.2. The van der Waals surface area contributed by atoms with E-state index in [1.165, 1.54) is 5.56 Å². The molecule has 3 aromatic rings. The molecule has 160 valence electrons. The number of nitrogens with one attached hydrogen (secondary N) is 2. The number of amides is 3. The average molecular weight is 434 g/mol. The molecule has 2 heterocycles. The molecule has 0 bridgehead atoms. The van der Waals surface area contributed by atoms with Gasteiger partial charge in [0.05, 0.1) is 12.0 Å². The Morgan fingerprint density at radius 1 is 1.03 bits per heavy atom. The van der Waals surface area contributed by atoms with Crippen LogP contribution in [-0.4, -0.2) is 29.9 Å². The normalized spacial score (nSPS) is 17.1. The van der Waals surface area contributed by atoms with Crippen molar-refractivity contribution in [2.75, 3.05) is 18.4 Å². The predicted molar refractivity (Wildman–Crippen MR) is 125 cm³/mol. The summed E-state index contributed by atoms with van der Waals surface area (Å²) in [5.41, 5.74) is 3.01. The lowest BCUT2D eigenvalue weighted by atomic mass is 9.96. The number of rotatable bonds is 5. The minimum absolute atomic E-state index is 0.00353. The zero-order chi connectivity index (χ0) is 21.6. The highest BCUT2D eigenvalue weighted by Crippen LogP contribution is 2.28. The molecule has 1 saturated heterocycles. The SMILES string of the molecule is Cc1ccc([C@H](NC(=O)[C@@H]2CCCN(C(=O)Nc3ccccc3)C2)c2cccs2)cc1. The molecule has 31 heavy (non-hydrogen) atoms. The van der Waals surface area contributed by atoms with Gasteiger partial charge in [0, 0.05) is 23.7 Å². The summed E-state index contributed by atoms with van der Waals surface area (Å²) in [6, 6.07) is 21.4. The minimum atomic E-state index is -0.219. The molecular weight excluding hydrogens is 406 g/mol. The van der Waals surface area contributed by atoms with Crippen molar-refractivity contribution in [2.45, 2.75) is 25.8 Å². The van der Waals surface area contributed by atoms with Crippen LogP contribution in [0, 0.1) is 12.8 Å². The molecule has 1 aliphatic heterocycles. The Balaban J connectivity index is 1.43. The zero-order valence-electron chi connectivity index (χ0n) is 17.6. The van der Waals surface area contributed by atoms with E-state index < -0.39 is 0 Å². The number of urea groups is 1. The van der Waals surface area contributed by atoms with Crippen molar-refractivity contribution in [2.24, 2.45) is 5.92 Å². The molecule has 0 saturated carbocycles. The molecule has 2 atom stereocenters. The highest BCUT2D eigenvalue weighted by molar-refractivity contribution is 7.10. The Hall–Kier alpha value is -3.12. The zero-order valence-corrected chi connectivity index (χ0v) is 18.4. The number of hydrogen-bond donors (Lipinski definition) is 2. The van der Waals surface area contributed by atoms with Crippen LogP contribution in [0.5, 0.6) is 0 Å². The van der Waals surface area contributed by atoms with E-state index >= 15 is 0 Å². The smallest absolute Gasteiger partial charge is 0.321 e. The Bertz CT molecular complexity index is 1000. The Morgan fingerprint density at radius 3 is 2.52 bits per heavy atom. The maximum atomic E-state index is 13.2. The van der Waals surface area contributed by atoms with Gasteiger partial charge in [0.2, 0.25) is 5.91 Å². The molecule has 4 rings (SSSR count). The number of thiophene rings is 1. The highest BCUT2D eigenvalue weighted by Gasteiger charge is 2.30. The van der Waals surface area contributed by atoms with Gasteiger partial charge in [-0.15, -0.1) is 11.3 Å². The third kappa shape index (κ3) is 5.33. The summed E-state index contributed by atoms with van der Waals surface area (Å²) < 4.78 is 0. The van der Waals surface area contributed by atoms with Gasteiger partial charge < -0.3 is 15.5 Å². The van der Waals surface area contributed by atoms with Crippen LogP contribution >= 0.6 is 11.3 Å². The fraction of sp³-hybridized carbons (Fsp3) is 0.280. The number of piperidine rings is 1. The molecule has 0 unspecified atom stereocenters. The van der Waals surface area contributed by atoms with Crippen molar-refractivity contribution >= 4 is 29.0 Å². The number of carbonyl (C=O) groups excluding carboxylic acids is 2. The first-order chi connectivity index (χ1) is 15.1. The van der Waals surface area contributed by atoms with E-state index in [1.54, 1.807) is 16.2 Å². The van der Waals surface area contributed by atoms with Gasteiger partial charge in [-0.2, -0.15) is 0 Å². The van der Waals surface area contributed by atoms with Gasteiger partial charge in [-0.1, -0.05) is 54.1 Å². The van der Waals surface area contributed by atoms with E-state index in [1.807, 2.05) is 41.8 Å². The molecule has 5 nitrogen and oxygen atoms in total. The number of nitrogens with zero attached hydrogens (tertiary/aromatic N) is 1. The first kappa shape index (κ1) is 21.1. The van der Waals surface area contributed by atoms with Gasteiger partial charge in [0.25, 0.3) is 0 Å². The topological polar surface area (TPSA) is 61.4 Å². The molecule has 1 aromatic heterocycles. The van der Waals surface area contributed by atoms with E-state index in [0.717, 1.165) is 29.0 Å². The van der Waals surface area contributed by atoms with Gasteiger partial charge in [-0.25, -0.2) is 4.79 Å². The summed E-state index contributed by atoms with van der Waals surface area (Å²) >= 11 is 1.64. The molecule has 1 aliphatic rings. The summed E-state index contributed by atoms with van der Waals surface area (Å²) in [4.78, 5) is 28.7. The van der Waals surface area contributed by atoms with Crippen molar-refractivity contribution in [3.63, 3.8) is 0 Å². The van der Waals surface area contributed by atoms with E-state index in [0.29, 0.717) is 13.1 Å². The monoisotopic (exact) mass is 433 g/mol. The average Bonchev–Trinajstić information content (AvgIpc) is 3.33. The van der Waals surface area contributed by atoms with Crippen molar-refractivity contribution in [1.82, 2.24) is 10.2 Å². The Kier molecular flexibility index (Phi) is 6.67. The first-order valence-electron chi connectivity index (χ1n) is 10.6. The van der Waals surface area contributed by atoms with Crippen LogP contribution in [0.15, 0.2) is 72.1 Å². The molecule has 2 N–H and O–H groups in total. The molecule has 2 aromatic carbocycles. The number of likely N-dealkylation sites (tertiary alicyclic amines) is 1. The van der Waals surface area contributed by atoms with Gasteiger partial charge in [0.15, 0.2) is 0 Å². The lowest BCUT2D eigenvalue weighted by Gasteiger charge is -2.33. The molecule has 0 spiro atoms. The quantitative estimate of drug-likeness (QED) is 0.580. The van der Waals surface area contributed by atoms with Crippen LogP contribution in [0.1, 0.15) is 34.9 Å². The number of anilines is 1. The second kappa shape index (κ2) is 9.79. The van der Waals surface area contributed by atoms with Crippen LogP contribution in [0.2, 0.25) is 0 Å². The van der Waals surface area contributed by atoms with Crippen LogP contribution in [0.25, 0.3) is 0 Å². The van der Waals surface area contributed by atoms with Crippen molar-refractivity contribution < 1.29 is 9.59 Å². The van der Waals surface area contributed by atoms with E-state index in [-0.39, 0.29) is 23.9 Å². The lowest BCUT2D eigenvalue weighted by Crippen LogP contribution is -2.47. The third-order valence-corrected chi connectivity index (χ3v) is 6.57. The predicted octanol–water partition coefficient (Wildman–Crippen LogP) is 5.21. The molecule has 0 aliphatic carbocycles. The van der Waals surface area contributed by atoms with Crippen LogP contribution in [-0.2, 0) is 4.79 Å². The van der Waals surface area contributed by atoms with Crippen molar-refractivity contribution in [1.29, 1.82) is 0 Å². The standard InChI is InChI=1S/C25H27N3O2S/c1-18-11-13-19(14-12-18)23(22-10-6-16-31-22)27-24(29)20-7-5-15-28(17-20)25(30)26-21-8-3-2-4-9-21/h2-4,6,8-14,16,20,23H,5,7,15,17H2,1H3,(H,26,30)(H,27,29)/t20-,23+/m1/s1. The van der Waals surface area contributed by atoms with Crippen LogP contribution in [0.3, 0.4) is 0 Å². The Morgan fingerprint density at radius 2 is 1.81 bits per heavy atom. The maximum Gasteiger partial charge on any atom is 0.321 e. The van der Waals surface area contributed by atoms with E-state index in [9.17, 15) is 9.59 Å². The fourth-order valence-electron chi connectivity index (χ4n) is 3.89. The van der Waals surface area contributed by atoms with Gasteiger partial charge >= 0.3 is 6.03 Å². The van der Waals surface area contributed by atoms with Crippen LogP contribution < -0.4 is 10.6 Å². The summed E-state index contributed by atoms with van der Waals surface area (Å²) in [5, 5.41) is 8.20. The van der Waals surface area contributed by atoms with Gasteiger partial charge in [0.1, 0.15) is 0 Å². The number of para-hydroxylation sites is 1. The summed E-state index contributed by atoms with van der Waals surface area (Å²) in [5.74, 6) is -0.223. The number of benzene rings is 2. The summed E-state index contributed by atoms with van der Waals surface area (Å²) in [6.07, 6.45) is 1.60. The van der Waals surface area contributed by atoms with Gasteiger partial charge in [-0.3, -0.25) is 4.79 Å². The van der Waals surface area contributed by atoms with Gasteiger partial charge in [-0.05, 0) is 48.9 Å². The molecule has 1 fully saturated rings.